The van der Waals surface area contributed by atoms with Crippen molar-refractivity contribution in [3.63, 3.8) is 0 Å². The fraction of sp³-hybridized carbons (Fsp3) is 0.375. The standard InChI is InChI=1S/C16H18N2O3S/c1-3-5-13-17-15-14(16(19)18(13)7-9-20-2)11(10-22-15)12-6-4-8-21-12/h4,6,8,10H,3,5,7,9H2,1-2H3. The molecule has 0 N–H and O–H groups in total. The van der Waals surface area contributed by atoms with Crippen LogP contribution in [0.3, 0.4) is 0 Å². The minimum atomic E-state index is -0.0156. The predicted octanol–water partition coefficient (Wildman–Crippen LogP) is 3.32. The maximum absolute atomic E-state index is 12.9. The molecule has 0 spiro atoms. The molecular weight excluding hydrogens is 300 g/mol. The summed E-state index contributed by atoms with van der Waals surface area (Å²) in [6, 6.07) is 3.68. The Bertz CT molecular complexity index is 818. The lowest BCUT2D eigenvalue weighted by Gasteiger charge is -2.11. The highest BCUT2D eigenvalue weighted by Gasteiger charge is 2.17. The van der Waals surface area contributed by atoms with Gasteiger partial charge in [-0.15, -0.1) is 11.3 Å². The molecule has 6 heteroatoms. The van der Waals surface area contributed by atoms with E-state index in [9.17, 15) is 4.79 Å². The smallest absolute Gasteiger partial charge is 0.263 e. The van der Waals surface area contributed by atoms with Gasteiger partial charge in [-0.3, -0.25) is 9.36 Å². The van der Waals surface area contributed by atoms with Crippen LogP contribution in [0.5, 0.6) is 0 Å². The first-order valence-electron chi connectivity index (χ1n) is 7.30. The third kappa shape index (κ3) is 2.60. The zero-order valence-electron chi connectivity index (χ0n) is 12.7. The summed E-state index contributed by atoms with van der Waals surface area (Å²) in [6.07, 6.45) is 3.34. The van der Waals surface area contributed by atoms with E-state index in [0.29, 0.717) is 24.3 Å². The van der Waals surface area contributed by atoms with Crippen molar-refractivity contribution >= 4 is 21.6 Å². The molecule has 0 atom stereocenters. The van der Waals surface area contributed by atoms with Crippen LogP contribution < -0.4 is 5.56 Å². The summed E-state index contributed by atoms with van der Waals surface area (Å²) in [5.41, 5.74) is 0.801. The van der Waals surface area contributed by atoms with Crippen molar-refractivity contribution in [1.82, 2.24) is 9.55 Å². The molecule has 22 heavy (non-hydrogen) atoms. The Morgan fingerprint density at radius 1 is 1.45 bits per heavy atom. The van der Waals surface area contributed by atoms with Gasteiger partial charge in [0.05, 0.1) is 24.8 Å². The summed E-state index contributed by atoms with van der Waals surface area (Å²) in [5.74, 6) is 1.52. The van der Waals surface area contributed by atoms with E-state index >= 15 is 0 Å². The summed E-state index contributed by atoms with van der Waals surface area (Å²) in [7, 11) is 1.63. The van der Waals surface area contributed by atoms with Crippen LogP contribution in [0.15, 0.2) is 33.0 Å². The second-order valence-electron chi connectivity index (χ2n) is 5.03. The molecule has 0 unspecified atom stereocenters. The summed E-state index contributed by atoms with van der Waals surface area (Å²) >= 11 is 1.48. The van der Waals surface area contributed by atoms with Crippen LogP contribution in [0.4, 0.5) is 0 Å². The summed E-state index contributed by atoms with van der Waals surface area (Å²) < 4.78 is 12.3. The number of hydrogen-bond donors (Lipinski definition) is 0. The van der Waals surface area contributed by atoms with Gasteiger partial charge < -0.3 is 9.15 Å². The topological polar surface area (TPSA) is 57.3 Å². The van der Waals surface area contributed by atoms with Crippen LogP contribution in [0.25, 0.3) is 21.5 Å². The van der Waals surface area contributed by atoms with Crippen molar-refractivity contribution < 1.29 is 9.15 Å². The monoisotopic (exact) mass is 318 g/mol. The maximum Gasteiger partial charge on any atom is 0.263 e. The lowest BCUT2D eigenvalue weighted by atomic mass is 10.2. The van der Waals surface area contributed by atoms with Gasteiger partial charge in [0, 0.05) is 24.5 Å². The van der Waals surface area contributed by atoms with E-state index in [4.69, 9.17) is 14.1 Å². The van der Waals surface area contributed by atoms with E-state index < -0.39 is 0 Å². The van der Waals surface area contributed by atoms with Crippen LogP contribution in [-0.2, 0) is 17.7 Å². The molecule has 0 saturated heterocycles. The number of furan rings is 1. The molecule has 0 aliphatic heterocycles. The molecule has 3 aromatic rings. The number of thiophene rings is 1. The van der Waals surface area contributed by atoms with Gasteiger partial charge in [0.1, 0.15) is 16.4 Å². The first-order valence-corrected chi connectivity index (χ1v) is 8.18. The Hall–Kier alpha value is -1.92. The van der Waals surface area contributed by atoms with Crippen LogP contribution in [0.2, 0.25) is 0 Å². The first-order chi connectivity index (χ1) is 10.8. The number of rotatable bonds is 6. The number of fused-ring (bicyclic) bond motifs is 1. The highest BCUT2D eigenvalue weighted by Crippen LogP contribution is 2.31. The van der Waals surface area contributed by atoms with Crippen molar-refractivity contribution in [2.45, 2.75) is 26.3 Å². The van der Waals surface area contributed by atoms with Crippen LogP contribution >= 0.6 is 11.3 Å². The molecule has 0 fully saturated rings. The third-order valence-corrected chi connectivity index (χ3v) is 4.42. The molecule has 0 radical (unpaired) electrons. The predicted molar refractivity (Wildman–Crippen MR) is 87.5 cm³/mol. The number of methoxy groups -OCH3 is 1. The number of ether oxygens (including phenoxy) is 1. The van der Waals surface area contributed by atoms with Gasteiger partial charge in [0.15, 0.2) is 0 Å². The number of hydrogen-bond acceptors (Lipinski definition) is 5. The van der Waals surface area contributed by atoms with Gasteiger partial charge in [-0.2, -0.15) is 0 Å². The third-order valence-electron chi connectivity index (χ3n) is 3.55. The van der Waals surface area contributed by atoms with Crippen LogP contribution in [0, 0.1) is 0 Å². The van der Waals surface area contributed by atoms with E-state index in [1.165, 1.54) is 11.3 Å². The van der Waals surface area contributed by atoms with E-state index in [1.54, 1.807) is 17.9 Å². The van der Waals surface area contributed by atoms with Gasteiger partial charge in [-0.25, -0.2) is 4.98 Å². The Morgan fingerprint density at radius 3 is 3.00 bits per heavy atom. The summed E-state index contributed by atoms with van der Waals surface area (Å²) in [4.78, 5) is 18.4. The molecule has 116 valence electrons. The second-order valence-corrected chi connectivity index (χ2v) is 5.89. The van der Waals surface area contributed by atoms with E-state index in [0.717, 1.165) is 29.1 Å². The number of aryl methyl sites for hydroxylation is 1. The van der Waals surface area contributed by atoms with Crippen molar-refractivity contribution in [2.75, 3.05) is 13.7 Å². The molecule has 0 aliphatic carbocycles. The van der Waals surface area contributed by atoms with Crippen LogP contribution in [0.1, 0.15) is 19.2 Å². The molecule has 0 saturated carbocycles. The summed E-state index contributed by atoms with van der Waals surface area (Å²) in [6.45, 7) is 3.09. The van der Waals surface area contributed by atoms with Gasteiger partial charge in [0.2, 0.25) is 0 Å². The zero-order chi connectivity index (χ0) is 15.5. The fourth-order valence-electron chi connectivity index (χ4n) is 2.51. The maximum atomic E-state index is 12.9. The molecule has 3 rings (SSSR count). The average molecular weight is 318 g/mol. The number of nitrogens with zero attached hydrogens (tertiary/aromatic N) is 2. The molecule has 0 bridgehead atoms. The van der Waals surface area contributed by atoms with Gasteiger partial charge in [-0.1, -0.05) is 6.92 Å². The van der Waals surface area contributed by atoms with Crippen LogP contribution in [-0.4, -0.2) is 23.3 Å². The molecule has 3 heterocycles. The van der Waals surface area contributed by atoms with Gasteiger partial charge in [0.25, 0.3) is 5.56 Å². The Morgan fingerprint density at radius 2 is 2.32 bits per heavy atom. The van der Waals surface area contributed by atoms with E-state index in [-0.39, 0.29) is 5.56 Å². The molecule has 5 nitrogen and oxygen atoms in total. The lowest BCUT2D eigenvalue weighted by Crippen LogP contribution is -2.27. The molecular formula is C16H18N2O3S. The molecule has 0 amide bonds. The number of aromatic nitrogens is 2. The average Bonchev–Trinajstić information content (AvgIpc) is 3.15. The lowest BCUT2D eigenvalue weighted by molar-refractivity contribution is 0.185. The van der Waals surface area contributed by atoms with Gasteiger partial charge >= 0.3 is 0 Å². The van der Waals surface area contributed by atoms with Gasteiger partial charge in [-0.05, 0) is 18.6 Å². The molecule has 0 aliphatic rings. The van der Waals surface area contributed by atoms with E-state index in [1.807, 2.05) is 17.5 Å². The SMILES string of the molecule is CCCc1nc2scc(-c3ccco3)c2c(=O)n1CCOC. The van der Waals surface area contributed by atoms with E-state index in [2.05, 4.69) is 6.92 Å². The largest absolute Gasteiger partial charge is 0.464 e. The Kier molecular flexibility index (Phi) is 4.40. The normalized spacial score (nSPS) is 11.4. The fourth-order valence-corrected chi connectivity index (χ4v) is 3.44. The van der Waals surface area contributed by atoms with Crippen molar-refractivity contribution in [3.8, 4) is 11.3 Å². The quantitative estimate of drug-likeness (QED) is 0.699. The first kappa shape index (κ1) is 15.0. The van der Waals surface area contributed by atoms with Crippen molar-refractivity contribution in [3.05, 3.63) is 40.0 Å². The zero-order valence-corrected chi connectivity index (χ0v) is 13.5. The van der Waals surface area contributed by atoms with Crippen molar-refractivity contribution in [1.29, 1.82) is 0 Å². The Labute approximate surface area is 132 Å². The second kappa shape index (κ2) is 6.46. The Balaban J connectivity index is 2.21. The molecule has 0 aromatic carbocycles. The molecule has 3 aromatic heterocycles. The minimum absolute atomic E-state index is 0.0156. The van der Waals surface area contributed by atoms with Crippen molar-refractivity contribution in [2.24, 2.45) is 0 Å². The minimum Gasteiger partial charge on any atom is -0.464 e. The summed E-state index contributed by atoms with van der Waals surface area (Å²) in [5, 5.41) is 2.57. The highest BCUT2D eigenvalue weighted by atomic mass is 32.1. The highest BCUT2D eigenvalue weighted by molar-refractivity contribution is 7.17.